The highest BCUT2D eigenvalue weighted by Crippen LogP contribution is 2.25. The highest BCUT2D eigenvalue weighted by atomic mass is 32.2. The van der Waals surface area contributed by atoms with Crippen LogP contribution in [0.4, 0.5) is 5.69 Å². The van der Waals surface area contributed by atoms with Gasteiger partial charge in [-0.2, -0.15) is 4.31 Å². The average molecular weight is 285 g/mol. The first kappa shape index (κ1) is 15.9. The van der Waals surface area contributed by atoms with Crippen molar-refractivity contribution in [3.05, 3.63) is 18.5 Å². The van der Waals surface area contributed by atoms with E-state index >= 15 is 0 Å². The van der Waals surface area contributed by atoms with Gasteiger partial charge in [0.25, 0.3) is 0 Å². The van der Waals surface area contributed by atoms with Crippen LogP contribution in [0.2, 0.25) is 0 Å². The van der Waals surface area contributed by atoms with Gasteiger partial charge in [0.1, 0.15) is 4.90 Å². The summed E-state index contributed by atoms with van der Waals surface area (Å²) >= 11 is 0. The normalized spacial score (nSPS) is 12.4. The van der Waals surface area contributed by atoms with Crippen LogP contribution in [0.25, 0.3) is 0 Å². The van der Waals surface area contributed by atoms with Crippen LogP contribution in [-0.4, -0.2) is 37.3 Å². The summed E-state index contributed by atoms with van der Waals surface area (Å²) in [6.45, 7) is 8.28. The Morgan fingerprint density at radius 2 is 1.95 bits per heavy atom. The van der Waals surface area contributed by atoms with E-state index in [1.54, 1.807) is 19.3 Å². The van der Waals surface area contributed by atoms with Crippen molar-refractivity contribution < 1.29 is 8.42 Å². The Balaban J connectivity index is 3.27. The smallest absolute Gasteiger partial charge is 0.246 e. The Morgan fingerprint density at radius 3 is 2.42 bits per heavy atom. The van der Waals surface area contributed by atoms with E-state index in [0.29, 0.717) is 12.2 Å². The molecule has 6 heteroatoms. The van der Waals surface area contributed by atoms with Crippen molar-refractivity contribution in [3.63, 3.8) is 0 Å². The highest BCUT2D eigenvalue weighted by Gasteiger charge is 2.29. The Bertz CT molecular complexity index is 512. The lowest BCUT2D eigenvalue weighted by atomic mass is 10.2. The van der Waals surface area contributed by atoms with E-state index in [9.17, 15) is 8.42 Å². The fourth-order valence-corrected chi connectivity index (χ4v) is 3.81. The van der Waals surface area contributed by atoms with Crippen LogP contribution in [0.1, 0.15) is 27.7 Å². The van der Waals surface area contributed by atoms with Gasteiger partial charge in [0.15, 0.2) is 0 Å². The zero-order chi connectivity index (χ0) is 14.6. The second kappa shape index (κ2) is 6.34. The molecule has 0 saturated heterocycles. The summed E-state index contributed by atoms with van der Waals surface area (Å²) in [4.78, 5) is 4.16. The fourth-order valence-electron chi connectivity index (χ4n) is 1.86. The van der Waals surface area contributed by atoms with E-state index in [2.05, 4.69) is 10.3 Å². The van der Waals surface area contributed by atoms with E-state index in [1.165, 1.54) is 10.5 Å². The predicted octanol–water partition coefficient (Wildman–Crippen LogP) is 2.18. The molecule has 0 aliphatic carbocycles. The van der Waals surface area contributed by atoms with E-state index in [-0.39, 0.29) is 16.9 Å². The molecule has 1 N–H and O–H groups in total. The molecule has 1 aromatic heterocycles. The molecule has 0 spiro atoms. The molecule has 0 unspecified atom stereocenters. The van der Waals surface area contributed by atoms with Crippen molar-refractivity contribution >= 4 is 15.7 Å². The Morgan fingerprint density at radius 1 is 1.32 bits per heavy atom. The molecular formula is C13H23N3O2S. The number of aromatic nitrogens is 1. The second-order valence-electron chi connectivity index (χ2n) is 5.18. The third-order valence-corrected chi connectivity index (χ3v) is 4.83. The lowest BCUT2D eigenvalue weighted by Gasteiger charge is -2.28. The zero-order valence-corrected chi connectivity index (χ0v) is 13.0. The first-order valence-corrected chi connectivity index (χ1v) is 7.88. The minimum atomic E-state index is -3.53. The topological polar surface area (TPSA) is 62.3 Å². The van der Waals surface area contributed by atoms with Crippen molar-refractivity contribution in [1.29, 1.82) is 0 Å². The maximum absolute atomic E-state index is 12.7. The third kappa shape index (κ3) is 3.67. The molecule has 5 nitrogen and oxygen atoms in total. The Labute approximate surface area is 116 Å². The summed E-state index contributed by atoms with van der Waals surface area (Å²) in [5, 5.41) is 2.90. The predicted molar refractivity (Wildman–Crippen MR) is 77.6 cm³/mol. The molecule has 0 saturated carbocycles. The summed E-state index contributed by atoms with van der Waals surface area (Å²) in [5.74, 6) is 0.270. The molecule has 0 radical (unpaired) electrons. The molecular weight excluding hydrogens is 262 g/mol. The van der Waals surface area contributed by atoms with Gasteiger partial charge in [0.05, 0.1) is 5.69 Å². The van der Waals surface area contributed by atoms with Gasteiger partial charge < -0.3 is 5.32 Å². The number of nitrogens with zero attached hydrogens (tertiary/aromatic N) is 2. The summed E-state index contributed by atoms with van der Waals surface area (Å²) in [6, 6.07) is 1.58. The molecule has 1 rings (SSSR count). The number of hydrogen-bond acceptors (Lipinski definition) is 4. The van der Waals surface area contributed by atoms with E-state index < -0.39 is 10.0 Å². The van der Waals surface area contributed by atoms with Gasteiger partial charge in [-0.3, -0.25) is 4.98 Å². The van der Waals surface area contributed by atoms with Gasteiger partial charge >= 0.3 is 0 Å². The minimum Gasteiger partial charge on any atom is -0.387 e. The number of sulfonamides is 1. The first-order chi connectivity index (χ1) is 8.80. The highest BCUT2D eigenvalue weighted by molar-refractivity contribution is 7.89. The van der Waals surface area contributed by atoms with Gasteiger partial charge in [-0.25, -0.2) is 8.42 Å². The average Bonchev–Trinajstić information content (AvgIpc) is 2.35. The minimum absolute atomic E-state index is 0.0858. The SMILES string of the molecule is CNc1ccncc1S(=O)(=O)N(CC(C)C)C(C)C. The van der Waals surface area contributed by atoms with Crippen LogP contribution in [0.3, 0.4) is 0 Å². The monoisotopic (exact) mass is 285 g/mol. The van der Waals surface area contributed by atoms with Crippen LogP contribution in [0, 0.1) is 5.92 Å². The molecule has 108 valence electrons. The quantitative estimate of drug-likeness (QED) is 0.870. The molecule has 0 aliphatic rings. The second-order valence-corrected chi connectivity index (χ2v) is 7.04. The van der Waals surface area contributed by atoms with Crippen molar-refractivity contribution in [3.8, 4) is 0 Å². The first-order valence-electron chi connectivity index (χ1n) is 6.44. The summed E-state index contributed by atoms with van der Waals surface area (Å²) in [6.07, 6.45) is 2.98. The number of nitrogens with one attached hydrogen (secondary N) is 1. The molecule has 0 aromatic carbocycles. The van der Waals surface area contributed by atoms with Gasteiger partial charge in [-0.05, 0) is 25.8 Å². The van der Waals surface area contributed by atoms with Crippen LogP contribution in [-0.2, 0) is 10.0 Å². The van der Waals surface area contributed by atoms with Crippen LogP contribution >= 0.6 is 0 Å². The summed E-state index contributed by atoms with van der Waals surface area (Å²) in [5.41, 5.74) is 0.574. The van der Waals surface area contributed by atoms with Gasteiger partial charge in [-0.15, -0.1) is 0 Å². The molecule has 0 amide bonds. The molecule has 0 atom stereocenters. The molecule has 0 bridgehead atoms. The Hall–Kier alpha value is -1.14. The van der Waals surface area contributed by atoms with Crippen LogP contribution < -0.4 is 5.32 Å². The van der Waals surface area contributed by atoms with Crippen molar-refractivity contribution in [1.82, 2.24) is 9.29 Å². The van der Waals surface area contributed by atoms with E-state index in [4.69, 9.17) is 0 Å². The fraction of sp³-hybridized carbons (Fsp3) is 0.615. The maximum atomic E-state index is 12.7. The Kier molecular flexibility index (Phi) is 5.31. The summed E-state index contributed by atoms with van der Waals surface area (Å²) < 4.78 is 27.0. The van der Waals surface area contributed by atoms with Crippen molar-refractivity contribution in [2.24, 2.45) is 5.92 Å². The largest absolute Gasteiger partial charge is 0.387 e. The van der Waals surface area contributed by atoms with Crippen molar-refractivity contribution in [2.75, 3.05) is 18.9 Å². The summed E-state index contributed by atoms with van der Waals surface area (Å²) in [7, 11) is -1.82. The molecule has 0 aliphatic heterocycles. The standard InChI is InChI=1S/C13H23N3O2S/c1-10(2)9-16(11(3)4)19(17,18)13-8-15-7-6-12(13)14-5/h6-8,10-11H,9H2,1-5H3,(H,14,15). The van der Waals surface area contributed by atoms with Gasteiger partial charge in [0.2, 0.25) is 10.0 Å². The van der Waals surface area contributed by atoms with E-state index in [0.717, 1.165) is 0 Å². The van der Waals surface area contributed by atoms with E-state index in [1.807, 2.05) is 27.7 Å². The molecule has 19 heavy (non-hydrogen) atoms. The van der Waals surface area contributed by atoms with Crippen LogP contribution in [0.15, 0.2) is 23.4 Å². The number of pyridine rings is 1. The molecule has 0 fully saturated rings. The number of anilines is 1. The molecule has 1 aromatic rings. The van der Waals surface area contributed by atoms with Gasteiger partial charge in [-0.1, -0.05) is 13.8 Å². The maximum Gasteiger partial charge on any atom is 0.246 e. The third-order valence-electron chi connectivity index (χ3n) is 2.76. The zero-order valence-electron chi connectivity index (χ0n) is 12.2. The number of hydrogen-bond donors (Lipinski definition) is 1. The molecule has 1 heterocycles. The van der Waals surface area contributed by atoms with Crippen molar-refractivity contribution in [2.45, 2.75) is 38.6 Å². The number of rotatable bonds is 6. The van der Waals surface area contributed by atoms with Crippen LogP contribution in [0.5, 0.6) is 0 Å². The van der Waals surface area contributed by atoms with Gasteiger partial charge in [0, 0.05) is 32.0 Å². The lowest BCUT2D eigenvalue weighted by Crippen LogP contribution is -2.39. The lowest BCUT2D eigenvalue weighted by molar-refractivity contribution is 0.319.